The number of piperidine rings is 3. The normalized spacial score (nSPS) is 52.0. The van der Waals surface area contributed by atoms with Gasteiger partial charge >= 0.3 is 6.09 Å². The molecule has 5 aliphatic carbocycles. The van der Waals surface area contributed by atoms with Crippen molar-refractivity contribution >= 4 is 6.09 Å². The van der Waals surface area contributed by atoms with Crippen LogP contribution in [0.3, 0.4) is 0 Å². The molecular weight excluding hydrogens is 580 g/mol. The van der Waals surface area contributed by atoms with Crippen molar-refractivity contribution in [3.63, 3.8) is 0 Å². The average molecular weight is 640 g/mol. The molecule has 3 radical (unpaired) electrons. The molecule has 4 aliphatic heterocycles. The molecule has 1 amide bonds. The van der Waals surface area contributed by atoms with Gasteiger partial charge in [0.15, 0.2) is 0 Å². The van der Waals surface area contributed by atoms with Crippen molar-refractivity contribution in [3.8, 4) is 0 Å². The number of aliphatic hydroxyl groups is 3. The van der Waals surface area contributed by atoms with E-state index in [9.17, 15) is 20.1 Å². The van der Waals surface area contributed by atoms with Gasteiger partial charge < -0.3 is 35.0 Å². The number of carbonyl (C=O) groups excluding carboxylic acids is 1. The van der Waals surface area contributed by atoms with E-state index < -0.39 is 23.2 Å². The molecule has 8 nitrogen and oxygen atoms in total. The van der Waals surface area contributed by atoms with Crippen LogP contribution in [-0.2, 0) is 9.47 Å². The quantitative estimate of drug-likeness (QED) is 0.326. The van der Waals surface area contributed by atoms with E-state index in [0.29, 0.717) is 24.4 Å². The highest BCUT2D eigenvalue weighted by Crippen LogP contribution is 2.90. The number of nitrogens with one attached hydrogen (secondary N) is 1. The number of amides is 1. The van der Waals surface area contributed by atoms with Crippen molar-refractivity contribution in [1.29, 1.82) is 0 Å². The van der Waals surface area contributed by atoms with Gasteiger partial charge in [-0.25, -0.2) is 4.79 Å². The third-order valence-electron chi connectivity index (χ3n) is 16.2. The Labute approximate surface area is 276 Å². The first-order valence-corrected chi connectivity index (χ1v) is 18.5. The third-order valence-corrected chi connectivity index (χ3v) is 16.2. The van der Waals surface area contributed by atoms with E-state index in [0.717, 1.165) is 64.3 Å². The van der Waals surface area contributed by atoms with Gasteiger partial charge in [0.1, 0.15) is 24.4 Å². The molecular formula is C38H59N2O6. The Bertz CT molecular complexity index is 1240. The van der Waals surface area contributed by atoms with E-state index in [2.05, 4.69) is 44.8 Å². The summed E-state index contributed by atoms with van der Waals surface area (Å²) in [4.78, 5) is 15.8. The second-order valence-corrected chi connectivity index (χ2v) is 18.8. The Morgan fingerprint density at radius 2 is 1.80 bits per heavy atom. The minimum Gasteiger partial charge on any atom is -0.446 e. The van der Waals surface area contributed by atoms with Crippen LogP contribution >= 0.6 is 0 Å². The lowest BCUT2D eigenvalue weighted by atomic mass is 9.41. The zero-order valence-electron chi connectivity index (χ0n) is 29.3. The predicted molar refractivity (Wildman–Crippen MR) is 173 cm³/mol. The number of ether oxygens (including phenoxy) is 2. The molecule has 8 heteroatoms. The van der Waals surface area contributed by atoms with Crippen LogP contribution in [0.5, 0.6) is 0 Å². The van der Waals surface area contributed by atoms with Gasteiger partial charge in [0.05, 0.1) is 11.7 Å². The summed E-state index contributed by atoms with van der Waals surface area (Å²) in [7, 11) is 0. The highest BCUT2D eigenvalue weighted by Gasteiger charge is 2.85. The number of carbonyl (C=O) groups is 1. The molecule has 0 aromatic rings. The van der Waals surface area contributed by atoms with Crippen molar-refractivity contribution in [1.82, 2.24) is 10.2 Å². The van der Waals surface area contributed by atoms with Crippen LogP contribution in [-0.4, -0.2) is 75.9 Å². The van der Waals surface area contributed by atoms with Gasteiger partial charge in [-0.15, -0.1) is 0 Å². The Morgan fingerprint density at radius 1 is 1.09 bits per heavy atom. The Balaban J connectivity index is 1.01. The van der Waals surface area contributed by atoms with Gasteiger partial charge in [0, 0.05) is 29.3 Å². The molecule has 0 aromatic carbocycles. The number of hydrogen-bond donors (Lipinski definition) is 4. The van der Waals surface area contributed by atoms with Gasteiger partial charge in [0.25, 0.3) is 0 Å². The molecule has 2 unspecified atom stereocenters. The maximum atomic E-state index is 13.3. The first-order chi connectivity index (χ1) is 21.5. The number of aliphatic hydroxyl groups excluding tert-OH is 2. The standard InChI is InChI=1S/C38H59N2O6/c1-21-18-24(30(41)34(4,5)44)45-29-28(21)35(6)14-15-38-20-37(38)13-10-27(46-32(43)39-23-19-40-16-11-22(23)12-17-40)33(2,3)25(37)8-9-26(38)36(35,7)31(29)42/h21-23,25,27-28,30-31,41-42,44H,8-20H2,1-7H3,(H,39,43)/t21-,23?,25+,27?,28+,30+,31+,35-,36-,37-,38+/m1/s1. The molecule has 11 atom stereocenters. The molecule has 2 bridgehead atoms. The second kappa shape index (κ2) is 10.1. The summed E-state index contributed by atoms with van der Waals surface area (Å²) in [6, 6.07) is 0.210. The molecule has 9 aliphatic rings. The number of alkyl carbamates (subject to hydrolysis) is 1. The zero-order chi connectivity index (χ0) is 32.8. The van der Waals surface area contributed by atoms with E-state index in [4.69, 9.17) is 9.47 Å². The van der Waals surface area contributed by atoms with Crippen LogP contribution in [0.4, 0.5) is 4.79 Å². The van der Waals surface area contributed by atoms with Crippen LogP contribution < -0.4 is 5.32 Å². The fraction of sp³-hybridized carbons (Fsp3) is 0.895. The minimum absolute atomic E-state index is 0.0891. The van der Waals surface area contributed by atoms with E-state index in [1.165, 1.54) is 19.3 Å². The summed E-state index contributed by atoms with van der Waals surface area (Å²) in [5, 5.41) is 37.2. The van der Waals surface area contributed by atoms with Gasteiger partial charge in [-0.2, -0.15) is 0 Å². The number of nitrogens with zero attached hydrogens (tertiary/aromatic N) is 1. The minimum atomic E-state index is -1.31. The van der Waals surface area contributed by atoms with Crippen molar-refractivity contribution in [2.24, 2.45) is 50.7 Å². The maximum absolute atomic E-state index is 13.3. The molecule has 9 fully saturated rings. The number of hydrogen-bond acceptors (Lipinski definition) is 7. The highest BCUT2D eigenvalue weighted by atomic mass is 16.6. The number of rotatable bonds is 4. The molecule has 257 valence electrons. The summed E-state index contributed by atoms with van der Waals surface area (Å²) in [5.74, 6) is 2.93. The third kappa shape index (κ3) is 4.06. The highest BCUT2D eigenvalue weighted by molar-refractivity contribution is 5.68. The largest absolute Gasteiger partial charge is 0.446 e. The molecule has 4 saturated heterocycles. The van der Waals surface area contributed by atoms with Crippen molar-refractivity contribution < 1.29 is 29.6 Å². The topological polar surface area (TPSA) is 111 Å². The maximum Gasteiger partial charge on any atom is 0.407 e. The Kier molecular flexibility index (Phi) is 7.07. The summed E-state index contributed by atoms with van der Waals surface area (Å²) < 4.78 is 12.8. The summed E-state index contributed by atoms with van der Waals surface area (Å²) in [6.45, 7) is 18.1. The van der Waals surface area contributed by atoms with E-state index in [1.807, 2.05) is 0 Å². The van der Waals surface area contributed by atoms with Gasteiger partial charge in [-0.1, -0.05) is 34.6 Å². The van der Waals surface area contributed by atoms with E-state index in [1.54, 1.807) is 19.8 Å². The van der Waals surface area contributed by atoms with E-state index in [-0.39, 0.29) is 51.7 Å². The van der Waals surface area contributed by atoms with E-state index >= 15 is 0 Å². The smallest absolute Gasteiger partial charge is 0.407 e. The van der Waals surface area contributed by atoms with Crippen molar-refractivity contribution in [2.45, 2.75) is 143 Å². The van der Waals surface area contributed by atoms with Gasteiger partial charge in [-0.05, 0) is 131 Å². The first kappa shape index (κ1) is 32.3. The average Bonchev–Trinajstić information content (AvgIpc) is 3.63. The summed E-state index contributed by atoms with van der Waals surface area (Å²) in [5.41, 5.74) is -1.63. The van der Waals surface area contributed by atoms with Crippen LogP contribution in [0, 0.1) is 68.9 Å². The fourth-order valence-corrected chi connectivity index (χ4v) is 13.7. The second-order valence-electron chi connectivity index (χ2n) is 18.8. The lowest BCUT2D eigenvalue weighted by Gasteiger charge is -2.63. The van der Waals surface area contributed by atoms with Crippen LogP contribution in [0.2, 0.25) is 0 Å². The molecule has 4 heterocycles. The number of fused-ring (bicyclic) bond motifs is 7. The summed E-state index contributed by atoms with van der Waals surface area (Å²) >= 11 is 0. The monoisotopic (exact) mass is 639 g/mol. The molecule has 0 aromatic heterocycles. The Hall–Kier alpha value is -0.930. The van der Waals surface area contributed by atoms with Crippen LogP contribution in [0.1, 0.15) is 113 Å². The molecule has 2 spiro atoms. The van der Waals surface area contributed by atoms with Gasteiger partial charge in [-0.3, -0.25) is 0 Å². The van der Waals surface area contributed by atoms with Crippen LogP contribution in [0.25, 0.3) is 0 Å². The molecule has 4 N–H and O–H groups in total. The van der Waals surface area contributed by atoms with Crippen LogP contribution in [0.15, 0.2) is 0 Å². The SMILES string of the molecule is C[C@@H]1C[C]([C@H](O)C(C)(C)O)O[C]2[C@H]1[C@@]1(C)CC[C@@]34C[C@@]35CCC(OC(=O)NC3CN6CCC3CC6)C(C)(C)[C@@H]5CC[C]4[C@]1(C)[C@H]2O. The molecule has 9 rings (SSSR count). The van der Waals surface area contributed by atoms with Crippen molar-refractivity contribution in [3.05, 3.63) is 18.1 Å². The summed E-state index contributed by atoms with van der Waals surface area (Å²) in [6.07, 6.45) is 9.41. The zero-order valence-corrected chi connectivity index (χ0v) is 29.3. The van der Waals surface area contributed by atoms with Gasteiger partial charge in [0.2, 0.25) is 0 Å². The fourth-order valence-electron chi connectivity index (χ4n) is 13.7. The molecule has 46 heavy (non-hydrogen) atoms. The Morgan fingerprint density at radius 3 is 2.46 bits per heavy atom. The molecule has 5 saturated carbocycles. The lowest BCUT2D eigenvalue weighted by Crippen LogP contribution is -2.60. The van der Waals surface area contributed by atoms with Crippen molar-refractivity contribution in [2.75, 3.05) is 19.6 Å². The lowest BCUT2D eigenvalue weighted by molar-refractivity contribution is -0.127. The predicted octanol–water partition coefficient (Wildman–Crippen LogP) is 5.41. The first-order valence-electron chi connectivity index (χ1n) is 18.5.